The smallest absolute Gasteiger partial charge is 0.143 e. The van der Waals surface area contributed by atoms with E-state index in [0.717, 1.165) is 5.75 Å². The van der Waals surface area contributed by atoms with Gasteiger partial charge in [0.1, 0.15) is 5.75 Å². The molecule has 0 aliphatic heterocycles. The molecule has 1 aliphatic rings. The molecule has 14 heavy (non-hydrogen) atoms. The molecule has 1 fully saturated rings. The highest BCUT2D eigenvalue weighted by Crippen LogP contribution is 2.33. The Hall–Kier alpha value is -1.38. The normalized spacial score (nSPS) is 15.3. The standard InChI is InChI=1S/C11H16N2O/c1-13(8-3-4-8)9-5-6-10(12)11(7-9)14-2/h5-8H,3-4,12H2,1-2H3. The van der Waals surface area contributed by atoms with Gasteiger partial charge in [0.15, 0.2) is 0 Å². The number of hydrogen-bond acceptors (Lipinski definition) is 3. The summed E-state index contributed by atoms with van der Waals surface area (Å²) < 4.78 is 5.18. The first-order chi connectivity index (χ1) is 6.72. The maximum atomic E-state index is 5.75. The summed E-state index contributed by atoms with van der Waals surface area (Å²) in [5.41, 5.74) is 7.62. The van der Waals surface area contributed by atoms with Crippen LogP contribution < -0.4 is 15.4 Å². The van der Waals surface area contributed by atoms with E-state index in [-0.39, 0.29) is 0 Å². The summed E-state index contributed by atoms with van der Waals surface area (Å²) in [5.74, 6) is 0.759. The Labute approximate surface area is 84.5 Å². The van der Waals surface area contributed by atoms with E-state index in [1.807, 2.05) is 18.2 Å². The van der Waals surface area contributed by atoms with Gasteiger partial charge in [-0.05, 0) is 25.0 Å². The molecule has 1 aliphatic carbocycles. The van der Waals surface area contributed by atoms with Gasteiger partial charge in [0.2, 0.25) is 0 Å². The fraction of sp³-hybridized carbons (Fsp3) is 0.455. The molecule has 3 heteroatoms. The van der Waals surface area contributed by atoms with Gasteiger partial charge in [0, 0.05) is 24.8 Å². The van der Waals surface area contributed by atoms with E-state index in [1.54, 1.807) is 7.11 Å². The number of benzene rings is 1. The van der Waals surface area contributed by atoms with Crippen LogP contribution in [0, 0.1) is 0 Å². The van der Waals surface area contributed by atoms with Crippen LogP contribution in [-0.4, -0.2) is 20.2 Å². The van der Waals surface area contributed by atoms with Crippen molar-refractivity contribution in [1.82, 2.24) is 0 Å². The highest BCUT2D eigenvalue weighted by atomic mass is 16.5. The molecule has 1 aromatic carbocycles. The van der Waals surface area contributed by atoms with Gasteiger partial charge >= 0.3 is 0 Å². The Morgan fingerprint density at radius 2 is 2.14 bits per heavy atom. The third kappa shape index (κ3) is 1.62. The second-order valence-corrected chi connectivity index (χ2v) is 3.77. The Morgan fingerprint density at radius 1 is 1.43 bits per heavy atom. The van der Waals surface area contributed by atoms with Crippen LogP contribution >= 0.6 is 0 Å². The molecule has 0 spiro atoms. The lowest BCUT2D eigenvalue weighted by Crippen LogP contribution is -2.19. The first-order valence-corrected chi connectivity index (χ1v) is 4.88. The molecular weight excluding hydrogens is 176 g/mol. The average molecular weight is 192 g/mol. The maximum Gasteiger partial charge on any atom is 0.143 e. The molecule has 0 bridgehead atoms. The molecular formula is C11H16N2O. The second-order valence-electron chi connectivity index (χ2n) is 3.77. The van der Waals surface area contributed by atoms with Crippen molar-refractivity contribution in [2.75, 3.05) is 24.8 Å². The third-order valence-electron chi connectivity index (χ3n) is 2.72. The van der Waals surface area contributed by atoms with Crippen LogP contribution in [0.1, 0.15) is 12.8 Å². The summed E-state index contributed by atoms with van der Waals surface area (Å²) in [6.07, 6.45) is 2.59. The summed E-state index contributed by atoms with van der Waals surface area (Å²) in [4.78, 5) is 2.28. The van der Waals surface area contributed by atoms with Crippen LogP contribution in [0.3, 0.4) is 0 Å². The predicted molar refractivity (Wildman–Crippen MR) is 58.8 cm³/mol. The molecule has 0 amide bonds. The van der Waals surface area contributed by atoms with Crippen LogP contribution in [-0.2, 0) is 0 Å². The molecule has 1 aromatic rings. The van der Waals surface area contributed by atoms with Crippen molar-refractivity contribution in [2.45, 2.75) is 18.9 Å². The van der Waals surface area contributed by atoms with Crippen molar-refractivity contribution in [3.63, 3.8) is 0 Å². The fourth-order valence-electron chi connectivity index (χ4n) is 1.59. The number of methoxy groups -OCH3 is 1. The number of nitrogens with two attached hydrogens (primary N) is 1. The highest BCUT2D eigenvalue weighted by molar-refractivity contribution is 5.62. The van der Waals surface area contributed by atoms with Gasteiger partial charge in [-0.3, -0.25) is 0 Å². The van der Waals surface area contributed by atoms with Crippen molar-refractivity contribution in [2.24, 2.45) is 0 Å². The van der Waals surface area contributed by atoms with Gasteiger partial charge in [-0.15, -0.1) is 0 Å². The zero-order valence-corrected chi connectivity index (χ0v) is 8.66. The number of hydrogen-bond donors (Lipinski definition) is 1. The third-order valence-corrected chi connectivity index (χ3v) is 2.72. The number of nitrogen functional groups attached to an aromatic ring is 1. The predicted octanol–water partition coefficient (Wildman–Crippen LogP) is 1.88. The summed E-state index contributed by atoms with van der Waals surface area (Å²) in [5, 5.41) is 0. The monoisotopic (exact) mass is 192 g/mol. The summed E-state index contributed by atoms with van der Waals surface area (Å²) in [6.45, 7) is 0. The fourth-order valence-corrected chi connectivity index (χ4v) is 1.59. The van der Waals surface area contributed by atoms with Crippen molar-refractivity contribution in [1.29, 1.82) is 0 Å². The van der Waals surface area contributed by atoms with E-state index in [2.05, 4.69) is 11.9 Å². The molecule has 2 N–H and O–H groups in total. The minimum absolute atomic E-state index is 0.695. The maximum absolute atomic E-state index is 5.75. The van der Waals surface area contributed by atoms with Crippen LogP contribution in [0.2, 0.25) is 0 Å². The van der Waals surface area contributed by atoms with Gasteiger partial charge in [-0.25, -0.2) is 0 Å². The van der Waals surface area contributed by atoms with Crippen molar-refractivity contribution in [3.05, 3.63) is 18.2 Å². The lowest BCUT2D eigenvalue weighted by atomic mass is 10.2. The minimum atomic E-state index is 0.695. The van der Waals surface area contributed by atoms with Crippen LogP contribution in [0.5, 0.6) is 5.75 Å². The van der Waals surface area contributed by atoms with E-state index < -0.39 is 0 Å². The SMILES string of the molecule is COc1cc(N(C)C2CC2)ccc1N. The quantitative estimate of drug-likeness (QED) is 0.743. The number of rotatable bonds is 3. The largest absolute Gasteiger partial charge is 0.495 e. The van der Waals surface area contributed by atoms with E-state index in [9.17, 15) is 0 Å². The van der Waals surface area contributed by atoms with E-state index in [4.69, 9.17) is 10.5 Å². The van der Waals surface area contributed by atoms with Crippen LogP contribution in [0.15, 0.2) is 18.2 Å². The molecule has 0 unspecified atom stereocenters. The minimum Gasteiger partial charge on any atom is -0.495 e. The van der Waals surface area contributed by atoms with Crippen molar-refractivity contribution in [3.8, 4) is 5.75 Å². The average Bonchev–Trinajstić information content (AvgIpc) is 3.01. The number of ether oxygens (including phenoxy) is 1. The zero-order valence-electron chi connectivity index (χ0n) is 8.66. The molecule has 0 saturated heterocycles. The first kappa shape index (κ1) is 9.19. The summed E-state index contributed by atoms with van der Waals surface area (Å²) in [7, 11) is 3.76. The topological polar surface area (TPSA) is 38.5 Å². The van der Waals surface area contributed by atoms with E-state index in [1.165, 1.54) is 18.5 Å². The zero-order chi connectivity index (χ0) is 10.1. The number of nitrogens with zero attached hydrogens (tertiary/aromatic N) is 1. The Bertz CT molecular complexity index is 334. The van der Waals surface area contributed by atoms with Gasteiger partial charge in [0.25, 0.3) is 0 Å². The molecule has 0 heterocycles. The Kier molecular flexibility index (Phi) is 2.23. The van der Waals surface area contributed by atoms with Crippen LogP contribution in [0.25, 0.3) is 0 Å². The first-order valence-electron chi connectivity index (χ1n) is 4.88. The Morgan fingerprint density at radius 3 is 2.71 bits per heavy atom. The molecule has 76 valence electrons. The lowest BCUT2D eigenvalue weighted by Gasteiger charge is -2.19. The van der Waals surface area contributed by atoms with Gasteiger partial charge in [-0.2, -0.15) is 0 Å². The van der Waals surface area contributed by atoms with Crippen molar-refractivity contribution >= 4 is 11.4 Å². The van der Waals surface area contributed by atoms with Crippen LogP contribution in [0.4, 0.5) is 11.4 Å². The molecule has 2 rings (SSSR count). The Balaban J connectivity index is 2.25. The molecule has 3 nitrogen and oxygen atoms in total. The molecule has 0 aromatic heterocycles. The summed E-state index contributed by atoms with van der Waals surface area (Å²) in [6, 6.07) is 6.64. The van der Waals surface area contributed by atoms with E-state index >= 15 is 0 Å². The molecule has 0 radical (unpaired) electrons. The number of anilines is 2. The second kappa shape index (κ2) is 3.40. The van der Waals surface area contributed by atoms with Gasteiger partial charge in [-0.1, -0.05) is 0 Å². The summed E-state index contributed by atoms with van der Waals surface area (Å²) >= 11 is 0. The van der Waals surface area contributed by atoms with Crippen molar-refractivity contribution < 1.29 is 4.74 Å². The lowest BCUT2D eigenvalue weighted by molar-refractivity contribution is 0.417. The highest BCUT2D eigenvalue weighted by Gasteiger charge is 2.26. The molecule has 0 atom stereocenters. The van der Waals surface area contributed by atoms with E-state index in [0.29, 0.717) is 11.7 Å². The van der Waals surface area contributed by atoms with Gasteiger partial charge in [0.05, 0.1) is 12.8 Å². The molecule has 1 saturated carbocycles. The van der Waals surface area contributed by atoms with Gasteiger partial charge < -0.3 is 15.4 Å².